The van der Waals surface area contributed by atoms with Crippen LogP contribution in [0.4, 0.5) is 0 Å². The minimum absolute atomic E-state index is 0.0300. The van der Waals surface area contributed by atoms with Crippen LogP contribution in [-0.4, -0.2) is 69.4 Å². The topological polar surface area (TPSA) is 114 Å². The monoisotopic (exact) mass is 1120 g/mol. The van der Waals surface area contributed by atoms with Crippen LogP contribution in [-0.2, 0) is 27.9 Å². The van der Waals surface area contributed by atoms with E-state index in [-0.39, 0.29) is 24.9 Å². The molecule has 0 aromatic heterocycles. The second-order valence-corrected chi connectivity index (χ2v) is 24.7. The van der Waals surface area contributed by atoms with E-state index in [9.17, 15) is 19.0 Å². The van der Waals surface area contributed by atoms with Crippen LogP contribution in [0.5, 0.6) is 0 Å². The van der Waals surface area contributed by atoms with Gasteiger partial charge in [-0.05, 0) is 109 Å². The maximum atomic E-state index is 13.6. The van der Waals surface area contributed by atoms with Crippen molar-refractivity contribution in [1.29, 1.82) is 0 Å². The van der Waals surface area contributed by atoms with Crippen molar-refractivity contribution in [1.82, 2.24) is 5.32 Å². The van der Waals surface area contributed by atoms with Crippen molar-refractivity contribution in [3.8, 4) is 0 Å². The number of phosphoric acid groups is 1. The van der Waals surface area contributed by atoms with Gasteiger partial charge in [0.25, 0.3) is 7.82 Å². The van der Waals surface area contributed by atoms with Gasteiger partial charge in [-0.3, -0.25) is 14.2 Å². The molecule has 458 valence electrons. The van der Waals surface area contributed by atoms with Gasteiger partial charge in [-0.15, -0.1) is 0 Å². The Balaban J connectivity index is 5.28. The van der Waals surface area contributed by atoms with Gasteiger partial charge in [0, 0.05) is 12.8 Å². The summed E-state index contributed by atoms with van der Waals surface area (Å²) in [6, 6.07) is -0.905. The van der Waals surface area contributed by atoms with E-state index in [1.165, 1.54) is 141 Å². The molecule has 0 heterocycles. The van der Waals surface area contributed by atoms with Crippen LogP contribution in [0.25, 0.3) is 0 Å². The maximum Gasteiger partial charge on any atom is 0.306 e. The number of allylic oxidation sites excluding steroid dienone is 13. The maximum absolute atomic E-state index is 13.6. The number of nitrogens with zero attached hydrogens (tertiary/aromatic N) is 1. The molecule has 0 aliphatic rings. The lowest BCUT2D eigenvalue weighted by Gasteiger charge is -2.30. The van der Waals surface area contributed by atoms with Crippen molar-refractivity contribution in [2.45, 2.75) is 303 Å². The van der Waals surface area contributed by atoms with Crippen molar-refractivity contribution in [2.24, 2.45) is 0 Å². The molecule has 10 heteroatoms. The van der Waals surface area contributed by atoms with E-state index >= 15 is 0 Å². The van der Waals surface area contributed by atoms with Crippen LogP contribution >= 0.6 is 7.82 Å². The Kier molecular flexibility index (Phi) is 56.3. The zero-order valence-corrected chi connectivity index (χ0v) is 53.2. The number of nitrogens with one attached hydrogen (secondary N) is 1. The third-order valence-corrected chi connectivity index (χ3v) is 15.3. The predicted octanol–water partition coefficient (Wildman–Crippen LogP) is 19.9. The molecule has 0 aliphatic carbocycles. The molecule has 0 aromatic rings. The Hall–Kier alpha value is -2.81. The zero-order chi connectivity index (χ0) is 57.9. The van der Waals surface area contributed by atoms with Gasteiger partial charge in [0.15, 0.2) is 0 Å². The van der Waals surface area contributed by atoms with E-state index in [2.05, 4.69) is 99.0 Å². The number of carbonyl (C=O) groups excluding carboxylic acids is 2. The number of rotatable bonds is 59. The van der Waals surface area contributed by atoms with Gasteiger partial charge in [-0.2, -0.15) is 0 Å². The molecule has 0 fully saturated rings. The summed E-state index contributed by atoms with van der Waals surface area (Å²) in [6.07, 6.45) is 76.8. The Morgan fingerprint density at radius 1 is 0.443 bits per heavy atom. The molecule has 1 N–H and O–H groups in total. The highest BCUT2D eigenvalue weighted by Gasteiger charge is 2.27. The first-order valence-corrected chi connectivity index (χ1v) is 34.4. The number of carbonyl (C=O) groups is 2. The van der Waals surface area contributed by atoms with Crippen molar-refractivity contribution < 1.29 is 37.3 Å². The van der Waals surface area contributed by atoms with Crippen LogP contribution in [0.15, 0.2) is 85.1 Å². The number of ether oxygens (including phenoxy) is 1. The Morgan fingerprint density at radius 3 is 1.18 bits per heavy atom. The molecule has 0 saturated carbocycles. The minimum Gasteiger partial charge on any atom is -0.756 e. The minimum atomic E-state index is -4.71. The summed E-state index contributed by atoms with van der Waals surface area (Å²) in [7, 11) is 1.16. The van der Waals surface area contributed by atoms with E-state index in [0.717, 1.165) is 109 Å². The van der Waals surface area contributed by atoms with Crippen LogP contribution in [0.3, 0.4) is 0 Å². The largest absolute Gasteiger partial charge is 0.756 e. The Morgan fingerprint density at radius 2 is 0.772 bits per heavy atom. The first-order chi connectivity index (χ1) is 38.4. The first-order valence-electron chi connectivity index (χ1n) is 32.9. The highest BCUT2D eigenvalue weighted by molar-refractivity contribution is 7.45. The van der Waals surface area contributed by atoms with E-state index < -0.39 is 26.6 Å². The number of unbranched alkanes of at least 4 members (excludes halogenated alkanes) is 31. The summed E-state index contributed by atoms with van der Waals surface area (Å²) < 4.78 is 30.4. The van der Waals surface area contributed by atoms with Gasteiger partial charge < -0.3 is 28.5 Å². The molecule has 3 unspecified atom stereocenters. The van der Waals surface area contributed by atoms with Gasteiger partial charge in [0.05, 0.1) is 33.8 Å². The molecule has 0 radical (unpaired) electrons. The highest BCUT2D eigenvalue weighted by atomic mass is 31.2. The molecule has 0 bridgehead atoms. The predicted molar refractivity (Wildman–Crippen MR) is 339 cm³/mol. The summed E-state index contributed by atoms with van der Waals surface area (Å²) in [5, 5.41) is 3.03. The van der Waals surface area contributed by atoms with Gasteiger partial charge in [0.1, 0.15) is 19.3 Å². The summed E-state index contributed by atoms with van der Waals surface area (Å²) in [6.45, 7) is 6.79. The van der Waals surface area contributed by atoms with E-state index in [1.807, 2.05) is 33.3 Å². The Labute approximate surface area is 488 Å². The van der Waals surface area contributed by atoms with Gasteiger partial charge in [0.2, 0.25) is 5.91 Å². The second-order valence-electron chi connectivity index (χ2n) is 23.3. The molecule has 0 spiro atoms. The lowest BCUT2D eigenvalue weighted by molar-refractivity contribution is -0.870. The number of phosphoric ester groups is 1. The lowest BCUT2D eigenvalue weighted by atomic mass is 10.0. The van der Waals surface area contributed by atoms with Gasteiger partial charge >= 0.3 is 5.97 Å². The van der Waals surface area contributed by atoms with Gasteiger partial charge in [-0.1, -0.05) is 254 Å². The normalized spacial score (nSPS) is 14.2. The van der Waals surface area contributed by atoms with Crippen LogP contribution < -0.4 is 10.2 Å². The summed E-state index contributed by atoms with van der Waals surface area (Å²) >= 11 is 0. The molecular formula is C69H125N2O7P. The fourth-order valence-electron chi connectivity index (χ4n) is 9.18. The molecule has 0 aromatic carbocycles. The molecule has 0 aliphatic heterocycles. The fourth-order valence-corrected chi connectivity index (χ4v) is 9.91. The van der Waals surface area contributed by atoms with Crippen molar-refractivity contribution in [3.63, 3.8) is 0 Å². The molecular weight excluding hydrogens is 1000 g/mol. The van der Waals surface area contributed by atoms with Crippen LogP contribution in [0.2, 0.25) is 0 Å². The smallest absolute Gasteiger partial charge is 0.306 e. The summed E-state index contributed by atoms with van der Waals surface area (Å²) in [4.78, 5) is 40.1. The van der Waals surface area contributed by atoms with E-state index in [0.29, 0.717) is 23.9 Å². The molecule has 9 nitrogen and oxygen atoms in total. The third-order valence-electron chi connectivity index (χ3n) is 14.3. The average Bonchev–Trinajstić information content (AvgIpc) is 3.41. The number of amides is 1. The first kappa shape index (κ1) is 76.2. The van der Waals surface area contributed by atoms with Gasteiger partial charge in [-0.25, -0.2) is 0 Å². The molecule has 0 rings (SSSR count). The lowest BCUT2D eigenvalue weighted by Crippen LogP contribution is -2.47. The second kappa shape index (κ2) is 58.4. The highest BCUT2D eigenvalue weighted by Crippen LogP contribution is 2.38. The number of quaternary nitrogens is 1. The number of likely N-dealkylation sites (N-methyl/N-ethyl adjacent to an activating group) is 1. The SMILES string of the molecule is CCCCC/C=C\C/C=C\C/C=C\C/C=C\CCCCCCCC(=O)NC(COP(=O)([O-])OCC[N+](C)(C)C)C(/C=C/CCCCCCCCCCCCC)OC(=O)CCCCCCCCCCC/C=C\C/C=C\CCCCC. The van der Waals surface area contributed by atoms with Crippen molar-refractivity contribution in [3.05, 3.63) is 85.1 Å². The van der Waals surface area contributed by atoms with Crippen molar-refractivity contribution in [2.75, 3.05) is 40.9 Å². The number of esters is 1. The standard InChI is InChI=1S/C69H125N2O7P/c1-7-10-13-16-19-22-25-28-30-32-34-35-37-38-40-43-46-49-52-55-58-61-68(72)70-66(65-77-79(74,75)76-64-63-71(4,5)6)67(60-57-54-51-48-45-42-27-24-21-18-15-12-9-3)78-69(73)62-59-56-53-50-47-44-41-39-36-33-31-29-26-23-20-17-14-11-8-2/h19-20,22-23,28-31,34-35,38,40,57,60,66-67H,7-18,21,24-27,32-33,36-37,39,41-56,58-59,61-65H2,1-6H3,(H-,70,72,74,75)/b22-19-,23-20-,30-28-,31-29-,35-34-,40-38-,60-57+. The van der Waals surface area contributed by atoms with Crippen LogP contribution in [0.1, 0.15) is 290 Å². The summed E-state index contributed by atoms with van der Waals surface area (Å²) in [5.74, 6) is -0.564. The third kappa shape index (κ3) is 59.6. The molecule has 79 heavy (non-hydrogen) atoms. The quantitative estimate of drug-likeness (QED) is 0.0212. The summed E-state index contributed by atoms with van der Waals surface area (Å²) in [5.41, 5.74) is 0. The Bertz CT molecular complexity index is 1630. The molecule has 1 amide bonds. The zero-order valence-electron chi connectivity index (χ0n) is 52.3. The average molecular weight is 1130 g/mol. The fraction of sp³-hybridized carbons (Fsp3) is 0.768. The number of hydrogen-bond acceptors (Lipinski definition) is 7. The van der Waals surface area contributed by atoms with Crippen LogP contribution in [0, 0.1) is 0 Å². The number of hydrogen-bond donors (Lipinski definition) is 1. The van der Waals surface area contributed by atoms with E-state index in [4.69, 9.17) is 13.8 Å². The molecule has 0 saturated heterocycles. The van der Waals surface area contributed by atoms with E-state index in [1.54, 1.807) is 0 Å². The van der Waals surface area contributed by atoms with Crippen molar-refractivity contribution >= 4 is 19.7 Å². The molecule has 3 atom stereocenters.